The van der Waals surface area contributed by atoms with E-state index in [4.69, 9.17) is 0 Å². The Balaban J connectivity index is 2.14. The van der Waals surface area contributed by atoms with Crippen molar-refractivity contribution in [1.82, 2.24) is 9.97 Å². The zero-order valence-electron chi connectivity index (χ0n) is 12.7. The number of halogens is 1. The van der Waals surface area contributed by atoms with E-state index in [-0.39, 0.29) is 11.9 Å². The molecule has 1 aromatic heterocycles. The van der Waals surface area contributed by atoms with Crippen LogP contribution in [-0.2, 0) is 0 Å². The third-order valence-corrected chi connectivity index (χ3v) is 3.21. The highest BCUT2D eigenvalue weighted by Crippen LogP contribution is 2.21. The molecule has 1 unspecified atom stereocenters. The summed E-state index contributed by atoms with van der Waals surface area (Å²) in [6.07, 6.45) is 2.80. The zero-order chi connectivity index (χ0) is 15.2. The Morgan fingerprint density at radius 3 is 2.86 bits per heavy atom. The van der Waals surface area contributed by atoms with Crippen LogP contribution in [0.25, 0.3) is 0 Å². The first-order chi connectivity index (χ1) is 10.1. The molecule has 0 saturated heterocycles. The molecule has 0 aliphatic carbocycles. The van der Waals surface area contributed by atoms with Gasteiger partial charge < -0.3 is 10.6 Å². The minimum Gasteiger partial charge on any atom is -0.363 e. The van der Waals surface area contributed by atoms with Gasteiger partial charge in [0.25, 0.3) is 0 Å². The number of hydrogen-bond acceptors (Lipinski definition) is 4. The molecule has 2 rings (SSSR count). The predicted molar refractivity (Wildman–Crippen MR) is 84.0 cm³/mol. The molecule has 1 atom stereocenters. The molecule has 1 aromatic carbocycles. The average molecular weight is 288 g/mol. The topological polar surface area (TPSA) is 49.8 Å². The third-order valence-electron chi connectivity index (χ3n) is 3.21. The van der Waals surface area contributed by atoms with Gasteiger partial charge in [0.05, 0.1) is 6.04 Å². The highest BCUT2D eigenvalue weighted by Gasteiger charge is 2.10. The third kappa shape index (κ3) is 4.15. The van der Waals surface area contributed by atoms with E-state index in [2.05, 4.69) is 27.5 Å². The van der Waals surface area contributed by atoms with Gasteiger partial charge in [-0.05, 0) is 38.0 Å². The summed E-state index contributed by atoms with van der Waals surface area (Å²) in [5, 5.41) is 6.47. The van der Waals surface area contributed by atoms with Crippen molar-refractivity contribution >= 4 is 11.8 Å². The summed E-state index contributed by atoms with van der Waals surface area (Å²) in [5.74, 6) is 1.14. The minimum absolute atomic E-state index is 0.0340. The van der Waals surface area contributed by atoms with Gasteiger partial charge in [-0.15, -0.1) is 0 Å². The standard InChI is InChI=1S/C16H21FN4/c1-4-8-18-16-19-10-11(2)15(21-16)20-12(3)13-6-5-7-14(17)9-13/h5-7,9-10,12H,4,8H2,1-3H3,(H2,18,19,20,21). The molecular weight excluding hydrogens is 267 g/mol. The predicted octanol–water partition coefficient (Wildman–Crippen LogP) is 3.92. The first-order valence-electron chi connectivity index (χ1n) is 7.19. The van der Waals surface area contributed by atoms with E-state index in [1.165, 1.54) is 12.1 Å². The molecule has 5 heteroatoms. The lowest BCUT2D eigenvalue weighted by atomic mass is 10.1. The van der Waals surface area contributed by atoms with E-state index in [0.717, 1.165) is 29.9 Å². The SMILES string of the molecule is CCCNc1ncc(C)c(NC(C)c2cccc(F)c2)n1. The van der Waals surface area contributed by atoms with Crippen molar-refractivity contribution in [2.75, 3.05) is 17.2 Å². The number of benzene rings is 1. The molecule has 0 spiro atoms. The number of hydrogen-bond donors (Lipinski definition) is 2. The van der Waals surface area contributed by atoms with Gasteiger partial charge in [0.2, 0.25) is 5.95 Å². The quantitative estimate of drug-likeness (QED) is 0.846. The van der Waals surface area contributed by atoms with Crippen LogP contribution in [0.2, 0.25) is 0 Å². The van der Waals surface area contributed by atoms with Crippen molar-refractivity contribution in [3.63, 3.8) is 0 Å². The van der Waals surface area contributed by atoms with Crippen LogP contribution < -0.4 is 10.6 Å². The van der Waals surface area contributed by atoms with Gasteiger partial charge in [0.1, 0.15) is 11.6 Å². The Hall–Kier alpha value is -2.17. The fraction of sp³-hybridized carbons (Fsp3) is 0.375. The second kappa shape index (κ2) is 7.02. The number of aryl methyl sites for hydroxylation is 1. The first-order valence-corrected chi connectivity index (χ1v) is 7.19. The molecule has 2 N–H and O–H groups in total. The molecule has 0 aliphatic heterocycles. The van der Waals surface area contributed by atoms with E-state index in [9.17, 15) is 4.39 Å². The first kappa shape index (κ1) is 15.2. The molecule has 0 radical (unpaired) electrons. The lowest BCUT2D eigenvalue weighted by Crippen LogP contribution is -2.12. The van der Waals surface area contributed by atoms with Crippen molar-refractivity contribution in [1.29, 1.82) is 0 Å². The van der Waals surface area contributed by atoms with E-state index < -0.39 is 0 Å². The van der Waals surface area contributed by atoms with Crippen LogP contribution in [0.15, 0.2) is 30.5 Å². The largest absolute Gasteiger partial charge is 0.363 e. The van der Waals surface area contributed by atoms with Crippen LogP contribution in [0, 0.1) is 12.7 Å². The Morgan fingerprint density at radius 1 is 1.33 bits per heavy atom. The van der Waals surface area contributed by atoms with E-state index in [1.807, 2.05) is 19.9 Å². The van der Waals surface area contributed by atoms with Crippen molar-refractivity contribution in [2.24, 2.45) is 0 Å². The van der Waals surface area contributed by atoms with Gasteiger partial charge in [0.15, 0.2) is 0 Å². The average Bonchev–Trinajstić information content (AvgIpc) is 2.48. The van der Waals surface area contributed by atoms with Crippen LogP contribution in [0.5, 0.6) is 0 Å². The molecule has 0 amide bonds. The summed E-state index contributed by atoms with van der Waals surface area (Å²) in [4.78, 5) is 8.72. The highest BCUT2D eigenvalue weighted by molar-refractivity contribution is 5.48. The molecule has 0 fully saturated rings. The van der Waals surface area contributed by atoms with Crippen LogP contribution in [0.3, 0.4) is 0 Å². The molecule has 21 heavy (non-hydrogen) atoms. The zero-order valence-corrected chi connectivity index (χ0v) is 12.7. The van der Waals surface area contributed by atoms with Crippen molar-refractivity contribution in [3.8, 4) is 0 Å². The lowest BCUT2D eigenvalue weighted by Gasteiger charge is -2.17. The monoisotopic (exact) mass is 288 g/mol. The fourth-order valence-corrected chi connectivity index (χ4v) is 1.97. The normalized spacial score (nSPS) is 12.0. The number of nitrogens with one attached hydrogen (secondary N) is 2. The molecular formula is C16H21FN4. The number of anilines is 2. The molecule has 2 aromatic rings. The Labute approximate surface area is 124 Å². The molecule has 0 saturated carbocycles. The molecule has 4 nitrogen and oxygen atoms in total. The Kier molecular flexibility index (Phi) is 5.09. The van der Waals surface area contributed by atoms with E-state index in [0.29, 0.717) is 5.95 Å². The maximum absolute atomic E-state index is 13.3. The van der Waals surface area contributed by atoms with Crippen molar-refractivity contribution < 1.29 is 4.39 Å². The maximum Gasteiger partial charge on any atom is 0.224 e. The lowest BCUT2D eigenvalue weighted by molar-refractivity contribution is 0.623. The molecule has 0 aliphatic rings. The van der Waals surface area contributed by atoms with Gasteiger partial charge >= 0.3 is 0 Å². The molecule has 0 bridgehead atoms. The summed E-state index contributed by atoms with van der Waals surface area (Å²) in [6, 6.07) is 6.55. The number of nitrogens with zero attached hydrogens (tertiary/aromatic N) is 2. The van der Waals surface area contributed by atoms with Crippen molar-refractivity contribution in [2.45, 2.75) is 33.2 Å². The number of aromatic nitrogens is 2. The summed E-state index contributed by atoms with van der Waals surface area (Å²) in [5.41, 5.74) is 1.84. The Bertz CT molecular complexity index is 601. The molecule has 112 valence electrons. The maximum atomic E-state index is 13.3. The minimum atomic E-state index is -0.231. The van der Waals surface area contributed by atoms with E-state index in [1.54, 1.807) is 12.3 Å². The van der Waals surface area contributed by atoms with Gasteiger partial charge in [-0.25, -0.2) is 9.37 Å². The molecule has 1 heterocycles. The van der Waals surface area contributed by atoms with Gasteiger partial charge in [-0.2, -0.15) is 4.98 Å². The second-order valence-corrected chi connectivity index (χ2v) is 5.07. The summed E-state index contributed by atoms with van der Waals surface area (Å²) >= 11 is 0. The van der Waals surface area contributed by atoms with Crippen LogP contribution >= 0.6 is 0 Å². The number of rotatable bonds is 6. The van der Waals surface area contributed by atoms with Crippen LogP contribution in [-0.4, -0.2) is 16.5 Å². The van der Waals surface area contributed by atoms with Crippen LogP contribution in [0.1, 0.15) is 37.4 Å². The summed E-state index contributed by atoms with van der Waals surface area (Å²) in [6.45, 7) is 6.86. The van der Waals surface area contributed by atoms with Crippen molar-refractivity contribution in [3.05, 3.63) is 47.4 Å². The Morgan fingerprint density at radius 2 is 2.14 bits per heavy atom. The highest BCUT2D eigenvalue weighted by atomic mass is 19.1. The van der Waals surface area contributed by atoms with E-state index >= 15 is 0 Å². The summed E-state index contributed by atoms with van der Waals surface area (Å²) < 4.78 is 13.3. The van der Waals surface area contributed by atoms with Gasteiger partial charge in [0, 0.05) is 18.3 Å². The smallest absolute Gasteiger partial charge is 0.224 e. The van der Waals surface area contributed by atoms with Gasteiger partial charge in [-0.3, -0.25) is 0 Å². The van der Waals surface area contributed by atoms with Gasteiger partial charge in [-0.1, -0.05) is 19.1 Å². The second-order valence-electron chi connectivity index (χ2n) is 5.07. The van der Waals surface area contributed by atoms with Crippen LogP contribution in [0.4, 0.5) is 16.2 Å². The summed E-state index contributed by atoms with van der Waals surface area (Å²) in [7, 11) is 0. The fourth-order valence-electron chi connectivity index (χ4n) is 1.97.